The number of nitrogens with zero attached hydrogens (tertiary/aromatic N) is 4. The first-order valence-corrected chi connectivity index (χ1v) is 35.5. The number of para-hydroxylation sites is 5. The molecule has 4 N–H and O–H groups in total. The summed E-state index contributed by atoms with van der Waals surface area (Å²) in [6, 6.07) is 90.2. The minimum Gasteiger partial charge on any atom is -0.459 e. The number of fused-ring (bicyclic) bond motifs is 5. The molecule has 0 aliphatic rings. The minimum absolute atomic E-state index is 0.0937. The van der Waals surface area contributed by atoms with Gasteiger partial charge in [-0.2, -0.15) is 0 Å². The Hall–Kier alpha value is -13.7. The molecule has 0 bridgehead atoms. The number of nitrogens with one attached hydrogen (secondary N) is 4. The van der Waals surface area contributed by atoms with Crippen LogP contribution in [-0.2, 0) is 26.2 Å². The molecule has 7 aromatic heterocycles. The molecule has 0 atom stereocenters. The molecule has 15 nitrogen and oxygen atoms in total. The Labute approximate surface area is 619 Å². The molecule has 0 saturated carbocycles. The van der Waals surface area contributed by atoms with E-state index in [1.807, 2.05) is 166 Å². The van der Waals surface area contributed by atoms with E-state index < -0.39 is 0 Å². The molecule has 17 rings (SSSR count). The van der Waals surface area contributed by atoms with Crippen LogP contribution in [0.25, 0.3) is 54.6 Å². The zero-order valence-electron chi connectivity index (χ0n) is 60.3. The van der Waals surface area contributed by atoms with Crippen molar-refractivity contribution in [2.45, 2.75) is 67.7 Å². The fraction of sp³-hybridized carbons (Fsp3) is 0.109. The van der Waals surface area contributed by atoms with E-state index in [0.29, 0.717) is 28.4 Å². The van der Waals surface area contributed by atoms with Gasteiger partial charge in [0.05, 0.1) is 51.1 Å². The molecule has 0 saturated heterocycles. The quantitative estimate of drug-likeness (QED) is 0.0744. The average Bonchev–Trinajstić information content (AvgIpc) is 1.66. The number of hydrogen-bond donors (Lipinski definition) is 4. The van der Waals surface area contributed by atoms with Gasteiger partial charge in [-0.3, -0.25) is 19.2 Å². The van der Waals surface area contributed by atoms with Crippen molar-refractivity contribution in [3.8, 4) is 0 Å². The summed E-state index contributed by atoms with van der Waals surface area (Å²) in [6.07, 6.45) is 9.47. The molecule has 107 heavy (non-hydrogen) atoms. The Balaban J connectivity index is 0.000000120. The van der Waals surface area contributed by atoms with Gasteiger partial charge in [0, 0.05) is 83.5 Å². The lowest BCUT2D eigenvalue weighted by Gasteiger charge is -2.06. The maximum atomic E-state index is 12.8. The number of anilines is 4. The molecule has 4 amide bonds. The van der Waals surface area contributed by atoms with Crippen molar-refractivity contribution in [1.29, 1.82) is 0 Å². The zero-order valence-corrected chi connectivity index (χ0v) is 60.3. The van der Waals surface area contributed by atoms with Gasteiger partial charge in [-0.25, -0.2) is 0 Å². The fourth-order valence-electron chi connectivity index (χ4n) is 13.0. The lowest BCUT2D eigenvalue weighted by molar-refractivity contribution is 0.0989. The number of rotatable bonds is 16. The van der Waals surface area contributed by atoms with Crippen molar-refractivity contribution in [3.05, 3.63) is 383 Å². The largest absolute Gasteiger partial charge is 0.459 e. The molecule has 0 spiro atoms. The van der Waals surface area contributed by atoms with E-state index in [4.69, 9.17) is 13.3 Å². The summed E-state index contributed by atoms with van der Waals surface area (Å²) < 4.78 is 25.1. The molecular formula is C92H80N8O7. The first kappa shape index (κ1) is 70.4. The number of carbonyl (C=O) groups is 4. The van der Waals surface area contributed by atoms with Crippen LogP contribution in [0.4, 0.5) is 22.7 Å². The third-order valence-corrected chi connectivity index (χ3v) is 18.9. The number of furan rings is 3. The van der Waals surface area contributed by atoms with Gasteiger partial charge < -0.3 is 52.8 Å². The molecular weight excluding hydrogens is 1330 g/mol. The number of aryl methyl sites for hydroxylation is 6. The lowest BCUT2D eigenvalue weighted by Crippen LogP contribution is -2.11. The molecule has 15 heteroatoms. The maximum absolute atomic E-state index is 12.8. The van der Waals surface area contributed by atoms with E-state index in [1.165, 1.54) is 50.8 Å². The Bertz CT molecular complexity index is 5920. The summed E-state index contributed by atoms with van der Waals surface area (Å²) in [4.78, 5) is 50.3. The van der Waals surface area contributed by atoms with Gasteiger partial charge >= 0.3 is 0 Å². The van der Waals surface area contributed by atoms with Gasteiger partial charge in [0.15, 0.2) is 17.3 Å². The van der Waals surface area contributed by atoms with Gasteiger partial charge in [-0.05, 0) is 136 Å². The van der Waals surface area contributed by atoms with Crippen molar-refractivity contribution in [1.82, 2.24) is 18.3 Å². The highest BCUT2D eigenvalue weighted by Crippen LogP contribution is 2.33. The van der Waals surface area contributed by atoms with Crippen LogP contribution in [0.1, 0.15) is 97.9 Å². The maximum Gasteiger partial charge on any atom is 0.291 e. The van der Waals surface area contributed by atoms with E-state index in [2.05, 4.69) is 189 Å². The van der Waals surface area contributed by atoms with Crippen LogP contribution in [0.5, 0.6) is 0 Å². The summed E-state index contributed by atoms with van der Waals surface area (Å²) in [5, 5.41) is 17.0. The van der Waals surface area contributed by atoms with Crippen molar-refractivity contribution >= 4 is 101 Å². The Kier molecular flexibility index (Phi) is 21.0. The second-order valence-corrected chi connectivity index (χ2v) is 26.9. The molecule has 7 heterocycles. The standard InChI is InChI=1S/C25H20N2O2.C23H22N2O2.C23H20N2O.C21H18N2O2/c1-17-10-12-18(13-11-17)15-27-16-21(20-7-3-4-8-22(20)27)26-25(28)24-14-19-6-2-5-9-23(19)29-24;1-15-8-10-18(11-9-15)13-25-14-20(19-6-4-5-7-21(19)25)24-23(26)22-12-16(2)17(3)27-22;1-17-11-13-18(14-12-17)15-25-16-21(20-9-5-6-10-22(20)25)24-23(26)19-7-3-2-4-8-19;1-15-8-10-16(11-9-15)13-23-14-18(17-5-2-3-6-19(17)23)22-21(24)20-7-4-12-25-20/h2-14,16H,15H2,1H3,(H,26,28);4-12,14H,13H2,1-3H3,(H,24,26);2-14,16H,15H2,1H3,(H,24,26);2-12,14H,13H2,1H3,(H,22,24). The molecule has 10 aromatic carbocycles. The van der Waals surface area contributed by atoms with Gasteiger partial charge in [0.2, 0.25) is 0 Å². The van der Waals surface area contributed by atoms with E-state index in [9.17, 15) is 19.2 Å². The smallest absolute Gasteiger partial charge is 0.291 e. The third-order valence-electron chi connectivity index (χ3n) is 18.9. The SMILES string of the molecule is Cc1ccc(Cn2cc(NC(=O)c3cc(C)c(C)o3)c3ccccc32)cc1.Cc1ccc(Cn2cc(NC(=O)c3cc4ccccc4o3)c3ccccc32)cc1.Cc1ccc(Cn2cc(NC(=O)c3ccccc3)c3ccccc32)cc1.Cc1ccc(Cn2cc(NC(=O)c3ccco3)c3ccccc32)cc1. The summed E-state index contributed by atoms with van der Waals surface area (Å²) in [5.74, 6) is 0.884. The van der Waals surface area contributed by atoms with Crippen LogP contribution < -0.4 is 21.3 Å². The number of amides is 4. The second kappa shape index (κ2) is 31.9. The van der Waals surface area contributed by atoms with E-state index in [-0.39, 0.29) is 23.6 Å². The predicted octanol–water partition coefficient (Wildman–Crippen LogP) is 21.6. The van der Waals surface area contributed by atoms with Crippen LogP contribution in [0, 0.1) is 41.5 Å². The molecule has 17 aromatic rings. The van der Waals surface area contributed by atoms with Crippen molar-refractivity contribution in [2.75, 3.05) is 21.3 Å². The van der Waals surface area contributed by atoms with Crippen molar-refractivity contribution < 1.29 is 32.4 Å². The van der Waals surface area contributed by atoms with Crippen LogP contribution in [0.15, 0.2) is 317 Å². The zero-order chi connectivity index (χ0) is 73.9. The molecule has 0 radical (unpaired) electrons. The van der Waals surface area contributed by atoms with E-state index in [0.717, 1.165) is 109 Å². The van der Waals surface area contributed by atoms with Gasteiger partial charge in [-0.15, -0.1) is 0 Å². The fourth-order valence-corrected chi connectivity index (χ4v) is 13.0. The highest BCUT2D eigenvalue weighted by Gasteiger charge is 2.20. The Morgan fingerprint density at radius 2 is 0.636 bits per heavy atom. The summed E-state index contributed by atoms with van der Waals surface area (Å²) in [7, 11) is 0. The summed E-state index contributed by atoms with van der Waals surface area (Å²) in [6.45, 7) is 15.1. The van der Waals surface area contributed by atoms with Crippen molar-refractivity contribution in [2.24, 2.45) is 0 Å². The molecule has 530 valence electrons. The highest BCUT2D eigenvalue weighted by molar-refractivity contribution is 6.11. The Morgan fingerprint density at radius 3 is 0.981 bits per heavy atom. The Morgan fingerprint density at radius 1 is 0.308 bits per heavy atom. The van der Waals surface area contributed by atoms with Crippen molar-refractivity contribution in [3.63, 3.8) is 0 Å². The van der Waals surface area contributed by atoms with Gasteiger partial charge in [0.25, 0.3) is 23.6 Å². The number of carbonyl (C=O) groups excluding carboxylic acids is 4. The predicted molar refractivity (Wildman–Crippen MR) is 430 cm³/mol. The van der Waals surface area contributed by atoms with Gasteiger partial charge in [-0.1, -0.05) is 229 Å². The number of aromatic nitrogens is 4. The average molecular weight is 1410 g/mol. The third kappa shape index (κ3) is 16.7. The second-order valence-electron chi connectivity index (χ2n) is 26.9. The van der Waals surface area contributed by atoms with Crippen LogP contribution in [0.3, 0.4) is 0 Å². The first-order valence-electron chi connectivity index (χ1n) is 35.5. The first-order chi connectivity index (χ1) is 52.1. The minimum atomic E-state index is -0.251. The van der Waals surface area contributed by atoms with Gasteiger partial charge in [0.1, 0.15) is 11.3 Å². The number of benzene rings is 10. The molecule has 0 aliphatic carbocycles. The normalized spacial score (nSPS) is 11.0. The molecule has 0 fully saturated rings. The molecule has 0 aliphatic heterocycles. The monoisotopic (exact) mass is 1410 g/mol. The lowest BCUT2D eigenvalue weighted by atomic mass is 10.1. The molecule has 0 unspecified atom stereocenters. The summed E-state index contributed by atoms with van der Waals surface area (Å²) >= 11 is 0. The topological polar surface area (TPSA) is 176 Å². The van der Waals surface area contributed by atoms with E-state index >= 15 is 0 Å². The van der Waals surface area contributed by atoms with Crippen LogP contribution in [0.2, 0.25) is 0 Å². The van der Waals surface area contributed by atoms with Crippen LogP contribution in [-0.4, -0.2) is 41.9 Å². The summed E-state index contributed by atoms with van der Waals surface area (Å²) in [5.41, 5.74) is 19.7. The number of hydrogen-bond acceptors (Lipinski definition) is 7. The van der Waals surface area contributed by atoms with Crippen LogP contribution >= 0.6 is 0 Å². The highest BCUT2D eigenvalue weighted by atomic mass is 16.4. The van der Waals surface area contributed by atoms with E-state index in [1.54, 1.807) is 24.3 Å².